The zero-order chi connectivity index (χ0) is 26.7. The number of quaternary nitrogens is 1. The Balaban J connectivity index is 4.96. The third kappa shape index (κ3) is 16.6. The quantitative estimate of drug-likeness (QED) is 0.141. The van der Waals surface area contributed by atoms with Crippen molar-refractivity contribution >= 4 is 17.9 Å². The zero-order valence-electron chi connectivity index (χ0n) is 22.9. The highest BCUT2D eigenvalue weighted by molar-refractivity contribution is 5.69. The molecule has 3 unspecified atom stereocenters. The Bertz CT molecular complexity index is 534. The van der Waals surface area contributed by atoms with E-state index in [9.17, 15) is 29.7 Å². The third-order valence-electron chi connectivity index (χ3n) is 7.59. The highest BCUT2D eigenvalue weighted by atomic mass is 16.4. The topological polar surface area (TPSA) is 115 Å². The van der Waals surface area contributed by atoms with E-state index in [2.05, 4.69) is 6.92 Å². The van der Waals surface area contributed by atoms with E-state index in [0.717, 1.165) is 19.4 Å². The molecule has 0 saturated carbocycles. The van der Waals surface area contributed by atoms with Gasteiger partial charge in [-0.05, 0) is 12.8 Å². The molecule has 0 rings (SSSR count). The van der Waals surface area contributed by atoms with E-state index in [1.807, 2.05) is 0 Å². The van der Waals surface area contributed by atoms with Crippen LogP contribution in [-0.2, 0) is 14.4 Å². The maximum atomic E-state index is 11.4. The largest absolute Gasteiger partial charge is 0.550 e. The maximum absolute atomic E-state index is 11.4. The molecule has 3 atom stereocenters. The van der Waals surface area contributed by atoms with Crippen LogP contribution in [0.15, 0.2) is 0 Å². The van der Waals surface area contributed by atoms with Gasteiger partial charge >= 0.3 is 11.9 Å². The summed E-state index contributed by atoms with van der Waals surface area (Å²) in [5.74, 6) is -4.30. The summed E-state index contributed by atoms with van der Waals surface area (Å²) in [4.78, 5) is 34.1. The van der Waals surface area contributed by atoms with Crippen LogP contribution in [0.4, 0.5) is 0 Å². The van der Waals surface area contributed by atoms with E-state index in [-0.39, 0.29) is 0 Å². The number of carbonyl (C=O) groups excluding carboxylic acids is 1. The van der Waals surface area contributed by atoms with Crippen molar-refractivity contribution in [3.8, 4) is 0 Å². The second-order valence-electron chi connectivity index (χ2n) is 10.8. The summed E-state index contributed by atoms with van der Waals surface area (Å²) in [6, 6.07) is 0. The molecule has 0 spiro atoms. The molecule has 0 saturated heterocycles. The number of carboxylic acids is 3. The van der Waals surface area contributed by atoms with Crippen molar-refractivity contribution in [3.63, 3.8) is 0 Å². The number of nitrogens with zero attached hydrogens (tertiary/aromatic N) is 1. The molecule has 206 valence electrons. The SMILES string of the molecule is CCCCCCCCCCCCC[N+](CCC(C)C(=O)[O-])(CCC(C)C(=O)O)CCC(C)C(=O)O. The van der Waals surface area contributed by atoms with Gasteiger partial charge in [-0.2, -0.15) is 0 Å². The van der Waals surface area contributed by atoms with Gasteiger partial charge in [0.05, 0.1) is 38.0 Å². The van der Waals surface area contributed by atoms with Gasteiger partial charge in [0.1, 0.15) is 0 Å². The number of unbranched alkanes of at least 4 members (excludes halogenated alkanes) is 10. The van der Waals surface area contributed by atoms with Gasteiger partial charge in [0.2, 0.25) is 0 Å². The van der Waals surface area contributed by atoms with E-state index >= 15 is 0 Å². The minimum absolute atomic E-state index is 0.448. The summed E-state index contributed by atoms with van der Waals surface area (Å²) < 4.78 is 0.588. The maximum Gasteiger partial charge on any atom is 0.306 e. The van der Waals surface area contributed by atoms with Crippen LogP contribution in [0, 0.1) is 17.8 Å². The number of hydrogen-bond acceptors (Lipinski definition) is 4. The Morgan fingerprint density at radius 2 is 0.943 bits per heavy atom. The molecule has 0 heterocycles. The van der Waals surface area contributed by atoms with Crippen LogP contribution in [0.5, 0.6) is 0 Å². The van der Waals surface area contributed by atoms with Crippen LogP contribution in [-0.4, -0.2) is 58.8 Å². The molecule has 0 aliphatic carbocycles. The van der Waals surface area contributed by atoms with Crippen molar-refractivity contribution in [2.24, 2.45) is 17.8 Å². The van der Waals surface area contributed by atoms with E-state index in [4.69, 9.17) is 0 Å². The zero-order valence-corrected chi connectivity index (χ0v) is 22.9. The van der Waals surface area contributed by atoms with E-state index in [1.165, 1.54) is 57.8 Å². The summed E-state index contributed by atoms with van der Waals surface area (Å²) in [6.07, 6.45) is 15.1. The molecule has 7 heteroatoms. The van der Waals surface area contributed by atoms with E-state index in [0.29, 0.717) is 43.4 Å². The fraction of sp³-hybridized carbons (Fsp3) is 0.893. The van der Waals surface area contributed by atoms with E-state index in [1.54, 1.807) is 20.8 Å². The lowest BCUT2D eigenvalue weighted by Gasteiger charge is -2.41. The van der Waals surface area contributed by atoms with Crippen molar-refractivity contribution in [2.75, 3.05) is 26.2 Å². The smallest absolute Gasteiger partial charge is 0.306 e. The molecular weight excluding hydrogens is 446 g/mol. The Labute approximate surface area is 213 Å². The van der Waals surface area contributed by atoms with Gasteiger partial charge < -0.3 is 24.6 Å². The fourth-order valence-electron chi connectivity index (χ4n) is 4.55. The second kappa shape index (κ2) is 19.5. The minimum atomic E-state index is -1.07. The molecule has 0 aromatic rings. The highest BCUT2D eigenvalue weighted by Crippen LogP contribution is 2.22. The molecule has 0 aliphatic heterocycles. The Kier molecular flexibility index (Phi) is 18.6. The van der Waals surface area contributed by atoms with Gasteiger partial charge in [-0.15, -0.1) is 0 Å². The van der Waals surface area contributed by atoms with Gasteiger partial charge in [-0.3, -0.25) is 9.59 Å². The van der Waals surface area contributed by atoms with Crippen LogP contribution < -0.4 is 5.11 Å². The molecule has 0 aromatic carbocycles. The molecule has 0 aromatic heterocycles. The van der Waals surface area contributed by atoms with Crippen molar-refractivity contribution in [3.05, 3.63) is 0 Å². The summed E-state index contributed by atoms with van der Waals surface area (Å²) in [5.41, 5.74) is 0. The molecule has 0 aliphatic rings. The predicted molar refractivity (Wildman–Crippen MR) is 138 cm³/mol. The monoisotopic (exact) mass is 499 g/mol. The first-order valence-electron chi connectivity index (χ1n) is 14.1. The lowest BCUT2D eigenvalue weighted by atomic mass is 10.0. The molecule has 2 N–H and O–H groups in total. The molecule has 35 heavy (non-hydrogen) atoms. The first kappa shape index (κ1) is 33.4. The van der Waals surface area contributed by atoms with Gasteiger partial charge in [0.25, 0.3) is 0 Å². The van der Waals surface area contributed by atoms with Gasteiger partial charge in [-0.1, -0.05) is 85.5 Å². The van der Waals surface area contributed by atoms with Crippen LogP contribution in [0.2, 0.25) is 0 Å². The average Bonchev–Trinajstić information content (AvgIpc) is 2.82. The number of carboxylic acid groups (broad SMARTS) is 3. The molecule has 0 radical (unpaired) electrons. The fourth-order valence-corrected chi connectivity index (χ4v) is 4.55. The Morgan fingerprint density at radius 3 is 1.29 bits per heavy atom. The summed E-state index contributed by atoms with van der Waals surface area (Å²) in [5, 5.41) is 30.0. The van der Waals surface area contributed by atoms with Crippen molar-refractivity contribution in [2.45, 2.75) is 118 Å². The summed E-state index contributed by atoms with van der Waals surface area (Å²) in [6.45, 7) is 9.95. The van der Waals surface area contributed by atoms with E-state index < -0.39 is 35.7 Å². The first-order chi connectivity index (χ1) is 16.5. The van der Waals surface area contributed by atoms with Crippen LogP contribution in [0.3, 0.4) is 0 Å². The first-order valence-corrected chi connectivity index (χ1v) is 14.1. The van der Waals surface area contributed by atoms with Crippen molar-refractivity contribution < 1.29 is 34.2 Å². The summed E-state index contributed by atoms with van der Waals surface area (Å²) >= 11 is 0. The average molecular weight is 500 g/mol. The normalized spacial score (nSPS) is 15.8. The lowest BCUT2D eigenvalue weighted by molar-refractivity contribution is -0.929. The molecule has 0 fully saturated rings. The number of rotatable bonds is 24. The Morgan fingerprint density at radius 1 is 0.600 bits per heavy atom. The molecule has 0 bridgehead atoms. The van der Waals surface area contributed by atoms with Crippen LogP contribution >= 0.6 is 0 Å². The van der Waals surface area contributed by atoms with Gasteiger partial charge in [-0.25, -0.2) is 0 Å². The summed E-state index contributed by atoms with van der Waals surface area (Å²) in [7, 11) is 0. The Hall–Kier alpha value is -1.63. The van der Waals surface area contributed by atoms with Crippen molar-refractivity contribution in [1.29, 1.82) is 0 Å². The van der Waals surface area contributed by atoms with Gasteiger partial charge in [0, 0.05) is 31.1 Å². The molecular formula is C28H53NO6. The predicted octanol–water partition coefficient (Wildman–Crippen LogP) is 5.11. The minimum Gasteiger partial charge on any atom is -0.550 e. The molecule has 7 nitrogen and oxygen atoms in total. The standard InChI is InChI=1S/C28H53NO6/c1-5-6-7-8-9-10-11-12-13-14-15-19-29(20-16-23(2)26(30)31,21-17-24(3)27(32)33)22-18-25(4)28(34)35/h23-25H,5-22H2,1-4H3,(H2-,30,31,32,33,34,35). The molecule has 0 amide bonds. The van der Waals surface area contributed by atoms with Crippen molar-refractivity contribution in [1.82, 2.24) is 0 Å². The second-order valence-corrected chi connectivity index (χ2v) is 10.8. The number of hydrogen-bond donors (Lipinski definition) is 2. The third-order valence-corrected chi connectivity index (χ3v) is 7.59. The number of aliphatic carboxylic acids is 3. The highest BCUT2D eigenvalue weighted by Gasteiger charge is 2.30. The van der Waals surface area contributed by atoms with Crippen LogP contribution in [0.1, 0.15) is 118 Å². The van der Waals surface area contributed by atoms with Gasteiger partial charge in [0.15, 0.2) is 0 Å². The lowest BCUT2D eigenvalue weighted by Crippen LogP contribution is -2.52. The van der Waals surface area contributed by atoms with Crippen LogP contribution in [0.25, 0.3) is 0 Å². The number of carbonyl (C=O) groups is 3.